The van der Waals surface area contributed by atoms with E-state index in [1.165, 1.54) is 6.92 Å². The Balaban J connectivity index is 1.78. The maximum absolute atomic E-state index is 11.0. The van der Waals surface area contributed by atoms with Gasteiger partial charge in [-0.15, -0.1) is 0 Å². The van der Waals surface area contributed by atoms with E-state index in [2.05, 4.69) is 15.5 Å². The van der Waals surface area contributed by atoms with Crippen LogP contribution < -0.4 is 5.32 Å². The van der Waals surface area contributed by atoms with E-state index in [0.717, 1.165) is 16.8 Å². The fraction of sp³-hybridized carbons (Fsp3) is 0.0625. The molecule has 1 aromatic carbocycles. The molecule has 116 valence electrons. The van der Waals surface area contributed by atoms with Crippen LogP contribution in [0.3, 0.4) is 0 Å². The molecule has 7 heteroatoms. The standard InChI is InChI=1S/C16H12ClN3O2S/c1-10(21)18-13-4-2-11(3-5-13)8-14(17)16-19-15(20-22-16)12-6-7-23-9-12/h2-9H,1H3,(H,18,21)/b14-8-. The molecule has 0 atom stereocenters. The Labute approximate surface area is 141 Å². The third kappa shape index (κ3) is 3.85. The van der Waals surface area contributed by atoms with Crippen molar-refractivity contribution in [1.82, 2.24) is 10.1 Å². The smallest absolute Gasteiger partial charge is 0.269 e. The Hall–Kier alpha value is -2.44. The summed E-state index contributed by atoms with van der Waals surface area (Å²) in [7, 11) is 0. The lowest BCUT2D eigenvalue weighted by atomic mass is 10.2. The Kier molecular flexibility index (Phi) is 4.55. The molecule has 1 N–H and O–H groups in total. The SMILES string of the molecule is CC(=O)Nc1ccc(/C=C(\Cl)c2nc(-c3ccsc3)no2)cc1. The van der Waals surface area contributed by atoms with Crippen molar-refractivity contribution in [2.75, 3.05) is 5.32 Å². The maximum Gasteiger partial charge on any atom is 0.269 e. The minimum absolute atomic E-state index is 0.113. The molecule has 0 saturated carbocycles. The largest absolute Gasteiger partial charge is 0.333 e. The molecule has 0 radical (unpaired) electrons. The van der Waals surface area contributed by atoms with Gasteiger partial charge in [-0.3, -0.25) is 4.79 Å². The number of hydrogen-bond acceptors (Lipinski definition) is 5. The van der Waals surface area contributed by atoms with Crippen LogP contribution in [0.4, 0.5) is 5.69 Å². The van der Waals surface area contributed by atoms with Crippen molar-refractivity contribution in [1.29, 1.82) is 0 Å². The molecule has 3 aromatic rings. The number of anilines is 1. The molecule has 0 saturated heterocycles. The predicted octanol–water partition coefficient (Wildman–Crippen LogP) is 4.49. The fourth-order valence-electron chi connectivity index (χ4n) is 1.90. The second-order valence-corrected chi connectivity index (χ2v) is 5.92. The maximum atomic E-state index is 11.0. The number of amides is 1. The van der Waals surface area contributed by atoms with E-state index in [9.17, 15) is 4.79 Å². The van der Waals surface area contributed by atoms with Crippen molar-refractivity contribution in [3.63, 3.8) is 0 Å². The van der Waals surface area contributed by atoms with E-state index < -0.39 is 0 Å². The normalized spacial score (nSPS) is 11.5. The third-order valence-electron chi connectivity index (χ3n) is 2.93. The number of carbonyl (C=O) groups is 1. The van der Waals surface area contributed by atoms with Gasteiger partial charge < -0.3 is 9.84 Å². The van der Waals surface area contributed by atoms with E-state index in [4.69, 9.17) is 16.1 Å². The molecule has 0 aliphatic rings. The zero-order chi connectivity index (χ0) is 16.2. The summed E-state index contributed by atoms with van der Waals surface area (Å²) in [6.45, 7) is 1.46. The molecule has 0 spiro atoms. The summed E-state index contributed by atoms with van der Waals surface area (Å²) < 4.78 is 5.19. The van der Waals surface area contributed by atoms with Crippen LogP contribution in [0.5, 0.6) is 0 Å². The molecule has 0 unspecified atom stereocenters. The van der Waals surface area contributed by atoms with Gasteiger partial charge >= 0.3 is 0 Å². The number of hydrogen-bond donors (Lipinski definition) is 1. The van der Waals surface area contributed by atoms with Crippen LogP contribution in [0.2, 0.25) is 0 Å². The van der Waals surface area contributed by atoms with E-state index in [0.29, 0.717) is 10.9 Å². The van der Waals surface area contributed by atoms with Crippen LogP contribution in [0.1, 0.15) is 18.4 Å². The first kappa shape index (κ1) is 15.5. The Morgan fingerprint density at radius 1 is 1.30 bits per heavy atom. The summed E-state index contributed by atoms with van der Waals surface area (Å²) in [5.41, 5.74) is 2.48. The van der Waals surface area contributed by atoms with Gasteiger partial charge in [-0.05, 0) is 35.2 Å². The average Bonchev–Trinajstić information content (AvgIpc) is 3.19. The van der Waals surface area contributed by atoms with Crippen molar-refractivity contribution >= 4 is 45.6 Å². The molecule has 2 aromatic heterocycles. The molecule has 2 heterocycles. The van der Waals surface area contributed by atoms with Gasteiger partial charge in [-0.2, -0.15) is 16.3 Å². The number of rotatable bonds is 4. The summed E-state index contributed by atoms with van der Waals surface area (Å²) in [4.78, 5) is 15.3. The lowest BCUT2D eigenvalue weighted by Crippen LogP contribution is -2.05. The highest BCUT2D eigenvalue weighted by Gasteiger charge is 2.11. The first-order valence-electron chi connectivity index (χ1n) is 6.73. The second kappa shape index (κ2) is 6.76. The van der Waals surface area contributed by atoms with Crippen LogP contribution in [0.25, 0.3) is 22.5 Å². The van der Waals surface area contributed by atoms with Crippen LogP contribution in [0.15, 0.2) is 45.6 Å². The van der Waals surface area contributed by atoms with Crippen LogP contribution in [-0.4, -0.2) is 16.0 Å². The molecule has 5 nitrogen and oxygen atoms in total. The van der Waals surface area contributed by atoms with Crippen molar-refractivity contribution in [3.05, 3.63) is 52.5 Å². The van der Waals surface area contributed by atoms with Gasteiger partial charge in [0.05, 0.1) is 0 Å². The molecule has 1 amide bonds. The highest BCUT2D eigenvalue weighted by molar-refractivity contribution is 7.08. The molecule has 0 bridgehead atoms. The summed E-state index contributed by atoms with van der Waals surface area (Å²) in [5.74, 6) is 0.658. The molecule has 0 aliphatic heterocycles. The van der Waals surface area contributed by atoms with E-state index in [1.54, 1.807) is 29.5 Å². The van der Waals surface area contributed by atoms with Crippen molar-refractivity contribution in [3.8, 4) is 11.4 Å². The Bertz CT molecular complexity index is 839. The van der Waals surface area contributed by atoms with Gasteiger partial charge in [-0.1, -0.05) is 28.9 Å². The van der Waals surface area contributed by atoms with Gasteiger partial charge in [0.2, 0.25) is 11.7 Å². The average molecular weight is 346 g/mol. The monoisotopic (exact) mass is 345 g/mol. The zero-order valence-electron chi connectivity index (χ0n) is 12.1. The molecule has 23 heavy (non-hydrogen) atoms. The zero-order valence-corrected chi connectivity index (χ0v) is 13.7. The number of benzene rings is 1. The lowest BCUT2D eigenvalue weighted by Gasteiger charge is -2.01. The number of carbonyl (C=O) groups excluding carboxylic acids is 1. The quantitative estimate of drug-likeness (QED) is 0.756. The minimum Gasteiger partial charge on any atom is -0.333 e. The van der Waals surface area contributed by atoms with Gasteiger partial charge in [0.15, 0.2) is 0 Å². The third-order valence-corrected chi connectivity index (χ3v) is 3.89. The molecular weight excluding hydrogens is 334 g/mol. The summed E-state index contributed by atoms with van der Waals surface area (Å²) in [6, 6.07) is 9.18. The van der Waals surface area contributed by atoms with E-state index in [1.807, 2.05) is 29.0 Å². The first-order valence-corrected chi connectivity index (χ1v) is 8.05. The van der Waals surface area contributed by atoms with Gasteiger partial charge in [0.25, 0.3) is 5.89 Å². The number of nitrogens with zero attached hydrogens (tertiary/aromatic N) is 2. The fourth-order valence-corrected chi connectivity index (χ4v) is 2.74. The van der Waals surface area contributed by atoms with Gasteiger partial charge in [0, 0.05) is 23.6 Å². The van der Waals surface area contributed by atoms with Crippen LogP contribution >= 0.6 is 22.9 Å². The second-order valence-electron chi connectivity index (χ2n) is 4.73. The van der Waals surface area contributed by atoms with Crippen molar-refractivity contribution < 1.29 is 9.32 Å². The van der Waals surface area contributed by atoms with Crippen LogP contribution in [0, 0.1) is 0 Å². The van der Waals surface area contributed by atoms with Crippen molar-refractivity contribution in [2.24, 2.45) is 0 Å². The van der Waals surface area contributed by atoms with Gasteiger partial charge in [0.1, 0.15) is 5.03 Å². The van der Waals surface area contributed by atoms with Gasteiger partial charge in [-0.25, -0.2) is 0 Å². The van der Waals surface area contributed by atoms with E-state index >= 15 is 0 Å². The summed E-state index contributed by atoms with van der Waals surface area (Å²) >= 11 is 7.80. The number of thiophene rings is 1. The van der Waals surface area contributed by atoms with Crippen molar-refractivity contribution in [2.45, 2.75) is 6.92 Å². The topological polar surface area (TPSA) is 68.0 Å². The predicted molar refractivity (Wildman–Crippen MR) is 92.1 cm³/mol. The highest BCUT2D eigenvalue weighted by Crippen LogP contribution is 2.25. The number of nitrogens with one attached hydrogen (secondary N) is 1. The number of halogens is 1. The highest BCUT2D eigenvalue weighted by atomic mass is 35.5. The molecule has 3 rings (SSSR count). The van der Waals surface area contributed by atoms with Crippen LogP contribution in [-0.2, 0) is 4.79 Å². The Morgan fingerprint density at radius 2 is 2.09 bits per heavy atom. The first-order chi connectivity index (χ1) is 11.1. The van der Waals surface area contributed by atoms with E-state index in [-0.39, 0.29) is 11.8 Å². The lowest BCUT2D eigenvalue weighted by molar-refractivity contribution is -0.114. The molecule has 0 fully saturated rings. The minimum atomic E-state index is -0.113. The summed E-state index contributed by atoms with van der Waals surface area (Å²) in [6.07, 6.45) is 1.73. The summed E-state index contributed by atoms with van der Waals surface area (Å²) in [5, 5.41) is 10.9. The molecule has 0 aliphatic carbocycles. The Morgan fingerprint density at radius 3 is 2.74 bits per heavy atom. The number of aromatic nitrogens is 2. The molecular formula is C16H12ClN3O2S.